The Hall–Kier alpha value is -2.61. The lowest BCUT2D eigenvalue weighted by molar-refractivity contribution is -0.384. The number of non-ortho nitro benzene ring substituents is 1. The minimum atomic E-state index is -0.548. The van der Waals surface area contributed by atoms with Gasteiger partial charge in [0.25, 0.3) is 11.6 Å². The maximum absolute atomic E-state index is 12.8. The Labute approximate surface area is 153 Å². The number of hydrogen-bond donors (Lipinski definition) is 0. The van der Waals surface area contributed by atoms with Gasteiger partial charge in [-0.25, -0.2) is 0 Å². The maximum Gasteiger partial charge on any atom is 0.270 e. The Balaban J connectivity index is 2.33. The van der Waals surface area contributed by atoms with Gasteiger partial charge in [-0.05, 0) is 24.3 Å². The molecule has 0 aliphatic carbocycles. The van der Waals surface area contributed by atoms with Gasteiger partial charge in [0, 0.05) is 35.8 Å². The van der Waals surface area contributed by atoms with Crippen LogP contribution < -0.4 is 9.47 Å². The molecule has 0 atom stereocenters. The third kappa shape index (κ3) is 4.27. The summed E-state index contributed by atoms with van der Waals surface area (Å²) in [6.45, 7) is 0.271. The van der Waals surface area contributed by atoms with Gasteiger partial charge in [0.2, 0.25) is 0 Å². The van der Waals surface area contributed by atoms with Crippen LogP contribution in [0.1, 0.15) is 15.9 Å². The zero-order valence-corrected chi connectivity index (χ0v) is 15.6. The summed E-state index contributed by atoms with van der Waals surface area (Å²) in [5, 5.41) is 11.0. The van der Waals surface area contributed by atoms with Crippen LogP contribution in [0.25, 0.3) is 0 Å². The first kappa shape index (κ1) is 18.7. The van der Waals surface area contributed by atoms with Crippen LogP contribution in [0.4, 0.5) is 5.69 Å². The summed E-state index contributed by atoms with van der Waals surface area (Å²) in [7, 11) is 4.58. The van der Waals surface area contributed by atoms with E-state index in [-0.39, 0.29) is 29.5 Å². The zero-order valence-electron chi connectivity index (χ0n) is 14.0. The van der Waals surface area contributed by atoms with Crippen LogP contribution in [-0.4, -0.2) is 37.0 Å². The molecule has 0 unspecified atom stereocenters. The number of nitro groups is 1. The molecule has 2 aromatic rings. The number of ether oxygens (including phenoxy) is 2. The first-order chi connectivity index (χ1) is 11.9. The van der Waals surface area contributed by atoms with Crippen molar-refractivity contribution in [3.63, 3.8) is 0 Å². The van der Waals surface area contributed by atoms with Crippen LogP contribution in [0.15, 0.2) is 40.9 Å². The highest BCUT2D eigenvalue weighted by Gasteiger charge is 2.21. The highest BCUT2D eigenvalue weighted by molar-refractivity contribution is 9.10. The summed E-state index contributed by atoms with van der Waals surface area (Å²) in [4.78, 5) is 24.6. The third-order valence-electron chi connectivity index (χ3n) is 3.62. The fraction of sp³-hybridized carbons (Fsp3) is 0.235. The Morgan fingerprint density at radius 1 is 1.16 bits per heavy atom. The van der Waals surface area contributed by atoms with Crippen molar-refractivity contribution in [2.45, 2.75) is 6.54 Å². The average Bonchev–Trinajstić information content (AvgIpc) is 2.60. The number of methoxy groups -OCH3 is 2. The maximum atomic E-state index is 12.8. The third-order valence-corrected chi connectivity index (χ3v) is 4.11. The van der Waals surface area contributed by atoms with Gasteiger partial charge in [-0.2, -0.15) is 0 Å². The van der Waals surface area contributed by atoms with E-state index in [2.05, 4.69) is 15.9 Å². The number of rotatable bonds is 6. The molecule has 0 bridgehead atoms. The summed E-state index contributed by atoms with van der Waals surface area (Å²) >= 11 is 3.39. The minimum absolute atomic E-state index is 0.133. The van der Waals surface area contributed by atoms with E-state index in [0.717, 1.165) is 10.0 Å². The van der Waals surface area contributed by atoms with Crippen LogP contribution in [-0.2, 0) is 6.54 Å². The van der Waals surface area contributed by atoms with E-state index in [9.17, 15) is 14.9 Å². The first-order valence-electron chi connectivity index (χ1n) is 7.27. The van der Waals surface area contributed by atoms with Gasteiger partial charge in [-0.3, -0.25) is 14.9 Å². The van der Waals surface area contributed by atoms with E-state index in [0.29, 0.717) is 5.75 Å². The molecule has 0 aliphatic rings. The number of halogens is 1. The SMILES string of the molecule is COc1ccc(Br)cc1CN(C)C(=O)c1cc([N+](=O)[O-])ccc1OC. The number of nitro benzene ring substituents is 1. The van der Waals surface area contributed by atoms with Gasteiger partial charge in [-0.15, -0.1) is 0 Å². The quantitative estimate of drug-likeness (QED) is 0.538. The van der Waals surface area contributed by atoms with Gasteiger partial charge in [0.1, 0.15) is 11.5 Å². The standard InChI is InChI=1S/C17H17BrN2O5/c1-19(10-11-8-12(18)4-6-15(11)24-2)17(21)14-9-13(20(22)23)5-7-16(14)25-3/h4-9H,10H2,1-3H3. The molecule has 8 heteroatoms. The molecule has 0 N–H and O–H groups in total. The Morgan fingerprint density at radius 2 is 1.80 bits per heavy atom. The number of amides is 1. The van der Waals surface area contributed by atoms with Crippen molar-refractivity contribution in [3.05, 3.63) is 62.1 Å². The predicted molar refractivity (Wildman–Crippen MR) is 96.1 cm³/mol. The van der Waals surface area contributed by atoms with Gasteiger partial charge in [0.15, 0.2) is 0 Å². The number of benzene rings is 2. The number of carbonyl (C=O) groups is 1. The second-order valence-electron chi connectivity index (χ2n) is 5.26. The van der Waals surface area contributed by atoms with Crippen molar-refractivity contribution >= 4 is 27.5 Å². The van der Waals surface area contributed by atoms with Crippen molar-refractivity contribution in [3.8, 4) is 11.5 Å². The lowest BCUT2D eigenvalue weighted by Crippen LogP contribution is -2.27. The van der Waals surface area contributed by atoms with Crippen molar-refractivity contribution in [1.82, 2.24) is 4.90 Å². The first-order valence-corrected chi connectivity index (χ1v) is 8.07. The topological polar surface area (TPSA) is 81.9 Å². The molecule has 7 nitrogen and oxygen atoms in total. The second kappa shape index (κ2) is 7.98. The fourth-order valence-electron chi connectivity index (χ4n) is 2.38. The molecule has 0 fully saturated rings. The van der Waals surface area contributed by atoms with E-state index < -0.39 is 4.92 Å². The molecule has 0 aromatic heterocycles. The van der Waals surface area contributed by atoms with Crippen LogP contribution >= 0.6 is 15.9 Å². The Bertz CT molecular complexity index is 810. The number of carbonyl (C=O) groups excluding carboxylic acids is 1. The molecule has 25 heavy (non-hydrogen) atoms. The van der Waals surface area contributed by atoms with Crippen molar-refractivity contribution in [1.29, 1.82) is 0 Å². The molecule has 0 spiro atoms. The average molecular weight is 409 g/mol. The number of hydrogen-bond acceptors (Lipinski definition) is 5. The van der Waals surface area contributed by atoms with Crippen molar-refractivity contribution < 1.29 is 19.2 Å². The lowest BCUT2D eigenvalue weighted by Gasteiger charge is -2.20. The smallest absolute Gasteiger partial charge is 0.270 e. The van der Waals surface area contributed by atoms with Crippen LogP contribution in [0, 0.1) is 10.1 Å². The largest absolute Gasteiger partial charge is 0.496 e. The highest BCUT2D eigenvalue weighted by atomic mass is 79.9. The Morgan fingerprint density at radius 3 is 2.40 bits per heavy atom. The highest BCUT2D eigenvalue weighted by Crippen LogP contribution is 2.27. The predicted octanol–water partition coefficient (Wildman–Crippen LogP) is 3.65. The molecule has 0 radical (unpaired) electrons. The summed E-state index contributed by atoms with van der Waals surface area (Å²) < 4.78 is 11.3. The zero-order chi connectivity index (χ0) is 18.6. The molecule has 1 amide bonds. The van der Waals surface area contributed by atoms with Crippen LogP contribution in [0.2, 0.25) is 0 Å². The van der Waals surface area contributed by atoms with Crippen LogP contribution in [0.3, 0.4) is 0 Å². The lowest BCUT2D eigenvalue weighted by atomic mass is 10.1. The van der Waals surface area contributed by atoms with E-state index >= 15 is 0 Å². The van der Waals surface area contributed by atoms with Gasteiger partial charge in [-0.1, -0.05) is 15.9 Å². The van der Waals surface area contributed by atoms with E-state index in [4.69, 9.17) is 9.47 Å². The molecular formula is C17H17BrN2O5. The molecular weight excluding hydrogens is 392 g/mol. The van der Waals surface area contributed by atoms with Gasteiger partial charge >= 0.3 is 0 Å². The molecule has 2 aromatic carbocycles. The van der Waals surface area contributed by atoms with Crippen molar-refractivity contribution in [2.75, 3.05) is 21.3 Å². The van der Waals surface area contributed by atoms with Gasteiger partial charge in [0.05, 0.1) is 24.7 Å². The summed E-state index contributed by atoms with van der Waals surface area (Å²) in [5.74, 6) is 0.542. The van der Waals surface area contributed by atoms with E-state index in [1.54, 1.807) is 20.2 Å². The second-order valence-corrected chi connectivity index (χ2v) is 6.17. The summed E-state index contributed by atoms with van der Waals surface area (Å²) in [6.07, 6.45) is 0. The van der Waals surface area contributed by atoms with E-state index in [1.807, 2.05) is 12.1 Å². The van der Waals surface area contributed by atoms with E-state index in [1.165, 1.54) is 30.2 Å². The summed E-state index contributed by atoms with van der Waals surface area (Å²) in [6, 6.07) is 9.42. The van der Waals surface area contributed by atoms with Crippen LogP contribution in [0.5, 0.6) is 11.5 Å². The molecule has 0 heterocycles. The number of nitrogens with zero attached hydrogens (tertiary/aromatic N) is 2. The molecule has 0 saturated heterocycles. The Kier molecular flexibility index (Phi) is 5.97. The van der Waals surface area contributed by atoms with Gasteiger partial charge < -0.3 is 14.4 Å². The normalized spacial score (nSPS) is 10.2. The fourth-order valence-corrected chi connectivity index (χ4v) is 2.79. The molecule has 132 valence electrons. The minimum Gasteiger partial charge on any atom is -0.496 e. The monoisotopic (exact) mass is 408 g/mol. The molecule has 0 aliphatic heterocycles. The van der Waals surface area contributed by atoms with Crippen molar-refractivity contribution in [2.24, 2.45) is 0 Å². The molecule has 0 saturated carbocycles. The summed E-state index contributed by atoms with van der Waals surface area (Å²) in [5.41, 5.74) is 0.767. The molecule has 2 rings (SSSR count).